The van der Waals surface area contributed by atoms with Gasteiger partial charge in [0.1, 0.15) is 23.9 Å². The molecule has 0 saturated carbocycles. The Kier molecular flexibility index (Phi) is 5.54. The lowest BCUT2D eigenvalue weighted by atomic mass is 9.87. The molecule has 3 aromatic rings. The first-order chi connectivity index (χ1) is 15.4. The van der Waals surface area contributed by atoms with E-state index in [4.69, 9.17) is 9.47 Å². The zero-order valence-electron chi connectivity index (χ0n) is 17.5. The Morgan fingerprint density at radius 1 is 1.06 bits per heavy atom. The molecule has 0 aliphatic carbocycles. The molecule has 164 valence electrons. The van der Waals surface area contributed by atoms with E-state index in [1.807, 2.05) is 0 Å². The Balaban J connectivity index is 1.64. The molecule has 7 nitrogen and oxygen atoms in total. The summed E-state index contributed by atoms with van der Waals surface area (Å²) < 4.78 is 24.3. The molecule has 0 unspecified atom stereocenters. The second-order valence-electron chi connectivity index (χ2n) is 7.24. The summed E-state index contributed by atoms with van der Waals surface area (Å²) in [6.07, 6.45) is 0. The zero-order chi connectivity index (χ0) is 22.9. The molecule has 1 aliphatic heterocycles. The monoisotopic (exact) mass is 436 g/mol. The molecule has 3 aromatic carbocycles. The summed E-state index contributed by atoms with van der Waals surface area (Å²) in [7, 11) is 2.98. The largest absolute Gasteiger partial charge is 0.497 e. The summed E-state index contributed by atoms with van der Waals surface area (Å²) in [5, 5.41) is 14.1. The Hall–Kier alpha value is -3.91. The van der Waals surface area contributed by atoms with Crippen LogP contribution in [-0.2, 0) is 15.2 Å². The van der Waals surface area contributed by atoms with Crippen molar-refractivity contribution in [3.05, 3.63) is 83.7 Å². The first kappa shape index (κ1) is 21.3. The average molecular weight is 436 g/mol. The van der Waals surface area contributed by atoms with Gasteiger partial charge in [-0.3, -0.25) is 14.5 Å². The Labute approximate surface area is 184 Å². The number of ether oxygens (including phenoxy) is 2. The predicted octanol–water partition coefficient (Wildman–Crippen LogP) is 3.06. The topological polar surface area (TPSA) is 88.1 Å². The van der Waals surface area contributed by atoms with Gasteiger partial charge in [0.05, 0.1) is 25.6 Å². The van der Waals surface area contributed by atoms with Crippen LogP contribution in [0.5, 0.6) is 11.5 Å². The molecule has 0 saturated heterocycles. The fraction of sp³-hybridized carbons (Fsp3) is 0.167. The van der Waals surface area contributed by atoms with Crippen molar-refractivity contribution < 1.29 is 28.6 Å². The predicted molar refractivity (Wildman–Crippen MR) is 116 cm³/mol. The Bertz CT molecular complexity index is 1200. The molecule has 1 atom stereocenters. The van der Waals surface area contributed by atoms with E-state index in [1.54, 1.807) is 42.5 Å². The van der Waals surface area contributed by atoms with Crippen molar-refractivity contribution in [3.63, 3.8) is 0 Å². The first-order valence-electron chi connectivity index (χ1n) is 9.80. The fourth-order valence-electron chi connectivity index (χ4n) is 3.82. The van der Waals surface area contributed by atoms with Crippen LogP contribution in [0.1, 0.15) is 11.1 Å². The van der Waals surface area contributed by atoms with Crippen LogP contribution >= 0.6 is 0 Å². The molecule has 1 heterocycles. The highest BCUT2D eigenvalue weighted by molar-refractivity contribution is 6.12. The van der Waals surface area contributed by atoms with Gasteiger partial charge in [0, 0.05) is 17.2 Å². The number of aliphatic hydroxyl groups is 1. The Morgan fingerprint density at radius 2 is 1.84 bits per heavy atom. The number of hydrogen-bond donors (Lipinski definition) is 2. The molecule has 8 heteroatoms. The van der Waals surface area contributed by atoms with Crippen molar-refractivity contribution in [3.8, 4) is 11.5 Å². The number of rotatable bonds is 6. The lowest BCUT2D eigenvalue weighted by Crippen LogP contribution is -2.44. The molecule has 2 N–H and O–H groups in total. The van der Waals surface area contributed by atoms with Crippen LogP contribution in [0.3, 0.4) is 0 Å². The van der Waals surface area contributed by atoms with Gasteiger partial charge in [0.25, 0.3) is 5.91 Å². The molecule has 0 fully saturated rings. The lowest BCUT2D eigenvalue weighted by molar-refractivity contribution is -0.133. The molecule has 32 heavy (non-hydrogen) atoms. The van der Waals surface area contributed by atoms with Gasteiger partial charge in [0.15, 0.2) is 5.60 Å². The zero-order valence-corrected chi connectivity index (χ0v) is 17.5. The minimum atomic E-state index is -2.10. The maximum atomic E-state index is 13.8. The summed E-state index contributed by atoms with van der Waals surface area (Å²) in [4.78, 5) is 27.3. The first-order valence-corrected chi connectivity index (χ1v) is 9.80. The summed E-state index contributed by atoms with van der Waals surface area (Å²) >= 11 is 0. The van der Waals surface area contributed by atoms with Gasteiger partial charge in [-0.25, -0.2) is 4.39 Å². The number of para-hydroxylation sites is 1. The van der Waals surface area contributed by atoms with Crippen LogP contribution in [0.25, 0.3) is 0 Å². The number of fused-ring (bicyclic) bond motifs is 1. The number of nitrogens with one attached hydrogen (secondary N) is 1. The molecular weight excluding hydrogens is 415 g/mol. The van der Waals surface area contributed by atoms with E-state index in [0.29, 0.717) is 22.9 Å². The van der Waals surface area contributed by atoms with Crippen LogP contribution in [0.2, 0.25) is 0 Å². The number of methoxy groups -OCH3 is 2. The number of carbonyl (C=O) groups is 2. The summed E-state index contributed by atoms with van der Waals surface area (Å²) in [6.45, 7) is -0.358. The number of halogens is 1. The van der Waals surface area contributed by atoms with E-state index in [1.165, 1.54) is 37.3 Å². The van der Waals surface area contributed by atoms with Crippen LogP contribution in [0, 0.1) is 5.82 Å². The van der Waals surface area contributed by atoms with Gasteiger partial charge in [-0.1, -0.05) is 30.3 Å². The van der Waals surface area contributed by atoms with Gasteiger partial charge in [0.2, 0.25) is 5.91 Å². The quantitative estimate of drug-likeness (QED) is 0.620. The maximum Gasteiger partial charge on any atom is 0.268 e. The van der Waals surface area contributed by atoms with E-state index >= 15 is 0 Å². The third-order valence-electron chi connectivity index (χ3n) is 5.37. The molecular formula is C24H21FN2O5. The fourth-order valence-corrected chi connectivity index (χ4v) is 3.82. The number of nitrogens with zero attached hydrogens (tertiary/aromatic N) is 1. The third kappa shape index (κ3) is 3.54. The second-order valence-corrected chi connectivity index (χ2v) is 7.24. The maximum absolute atomic E-state index is 13.8. The van der Waals surface area contributed by atoms with Crippen molar-refractivity contribution in [2.24, 2.45) is 0 Å². The van der Waals surface area contributed by atoms with Crippen molar-refractivity contribution >= 4 is 23.2 Å². The van der Waals surface area contributed by atoms with Gasteiger partial charge < -0.3 is 19.9 Å². The molecule has 1 aliphatic rings. The van der Waals surface area contributed by atoms with E-state index in [2.05, 4.69) is 5.32 Å². The van der Waals surface area contributed by atoms with Crippen LogP contribution in [0.15, 0.2) is 66.7 Å². The molecule has 4 rings (SSSR count). The summed E-state index contributed by atoms with van der Waals surface area (Å²) in [5.74, 6) is -0.865. The number of benzene rings is 3. The van der Waals surface area contributed by atoms with Crippen LogP contribution in [-0.4, -0.2) is 37.7 Å². The van der Waals surface area contributed by atoms with Crippen LogP contribution < -0.4 is 19.7 Å². The SMILES string of the molecule is COc1ccc(NC(=O)CN2C(=O)[C@@](O)(c3cccc(F)c3)c3ccccc32)c(OC)c1. The number of carbonyl (C=O) groups excluding carboxylic acids is 2. The average Bonchev–Trinajstić information content (AvgIpc) is 3.02. The van der Waals surface area contributed by atoms with Gasteiger partial charge >= 0.3 is 0 Å². The highest BCUT2D eigenvalue weighted by Gasteiger charge is 2.51. The number of anilines is 2. The molecule has 0 bridgehead atoms. The van der Waals surface area contributed by atoms with Crippen molar-refractivity contribution in [2.75, 3.05) is 31.0 Å². The van der Waals surface area contributed by atoms with E-state index in [-0.39, 0.29) is 17.7 Å². The normalized spacial score (nSPS) is 17.1. The van der Waals surface area contributed by atoms with Crippen LogP contribution in [0.4, 0.5) is 15.8 Å². The van der Waals surface area contributed by atoms with Gasteiger partial charge in [-0.2, -0.15) is 0 Å². The standard InChI is InChI=1S/C24H21FN2O5/c1-31-17-10-11-19(21(13-17)32-2)26-22(28)14-27-20-9-4-3-8-18(20)24(30,23(27)29)15-6-5-7-16(25)12-15/h3-13,30H,14H2,1-2H3,(H,26,28)/t24-/m1/s1. The van der Waals surface area contributed by atoms with E-state index in [0.717, 1.165) is 6.07 Å². The Morgan fingerprint density at radius 3 is 2.56 bits per heavy atom. The number of amides is 2. The van der Waals surface area contributed by atoms with E-state index < -0.39 is 23.2 Å². The van der Waals surface area contributed by atoms with Gasteiger partial charge in [-0.15, -0.1) is 0 Å². The highest BCUT2D eigenvalue weighted by Crippen LogP contribution is 2.44. The number of hydrogen-bond acceptors (Lipinski definition) is 5. The van der Waals surface area contributed by atoms with E-state index in [9.17, 15) is 19.1 Å². The van der Waals surface area contributed by atoms with Crippen molar-refractivity contribution in [1.82, 2.24) is 0 Å². The molecule has 0 spiro atoms. The lowest BCUT2D eigenvalue weighted by Gasteiger charge is -2.23. The second kappa shape index (κ2) is 8.32. The summed E-state index contributed by atoms with van der Waals surface area (Å²) in [6, 6.07) is 16.7. The molecule has 2 amide bonds. The highest BCUT2D eigenvalue weighted by atomic mass is 19.1. The minimum absolute atomic E-state index is 0.0923. The summed E-state index contributed by atoms with van der Waals surface area (Å²) in [5.41, 5.74) is -0.948. The molecule has 0 aromatic heterocycles. The molecule has 0 radical (unpaired) electrons. The van der Waals surface area contributed by atoms with Crippen molar-refractivity contribution in [1.29, 1.82) is 0 Å². The minimum Gasteiger partial charge on any atom is -0.497 e. The third-order valence-corrected chi connectivity index (χ3v) is 5.37. The van der Waals surface area contributed by atoms with Crippen molar-refractivity contribution in [2.45, 2.75) is 5.60 Å². The van der Waals surface area contributed by atoms with Gasteiger partial charge in [-0.05, 0) is 30.3 Å². The smallest absolute Gasteiger partial charge is 0.268 e.